The van der Waals surface area contributed by atoms with Crippen molar-refractivity contribution in [1.29, 1.82) is 5.39 Å². The molecule has 2 aromatic rings. The van der Waals surface area contributed by atoms with E-state index in [1.807, 2.05) is 0 Å². The van der Waals surface area contributed by atoms with Gasteiger partial charge in [-0.1, -0.05) is 12.1 Å². The third kappa shape index (κ3) is 1.77. The highest BCUT2D eigenvalue weighted by Crippen LogP contribution is 2.37. The third-order valence-corrected chi connectivity index (χ3v) is 3.90. The molecule has 2 rings (SSSR count). The van der Waals surface area contributed by atoms with Gasteiger partial charge in [0.1, 0.15) is 4.90 Å². The second-order valence-corrected chi connectivity index (χ2v) is 5.19. The van der Waals surface area contributed by atoms with Crippen LogP contribution in [0.1, 0.15) is 0 Å². The summed E-state index contributed by atoms with van der Waals surface area (Å²) in [7, 11) is -2.80. The largest absolute Gasteiger partial charge is 0.501 e. The molecule has 7 heteroatoms. The molecule has 6 nitrogen and oxygen atoms in total. The number of nitrogens with zero attached hydrogens (tertiary/aromatic N) is 2. The topological polar surface area (TPSA) is 91.8 Å². The van der Waals surface area contributed by atoms with Gasteiger partial charge < -0.3 is 5.11 Å². The molecule has 2 aromatic carbocycles. The highest BCUT2D eigenvalue weighted by Gasteiger charge is 2.22. The van der Waals surface area contributed by atoms with Gasteiger partial charge in [-0.3, -0.25) is 4.18 Å². The molecule has 92 valence electrons. The lowest BCUT2D eigenvalue weighted by Gasteiger charge is -2.05. The fraction of sp³-hybridized carbons (Fsp3) is 0.0909. The highest BCUT2D eigenvalue weighted by atomic mass is 32.2. The molecule has 0 amide bonds. The minimum atomic E-state index is -3.87. The van der Waals surface area contributed by atoms with Crippen LogP contribution in [-0.4, -0.2) is 20.6 Å². The molecule has 0 spiro atoms. The number of phenols is 1. The van der Waals surface area contributed by atoms with E-state index in [9.17, 15) is 13.5 Å². The standard InChI is InChI=1S/C11H8N2O4S/c1-17-18(15,16)10-4-2-3-8-7(10)5-6-9(13-12)11(8)14/h2-6H,1H3/p+1. The summed E-state index contributed by atoms with van der Waals surface area (Å²) < 4.78 is 27.9. The fourth-order valence-electron chi connectivity index (χ4n) is 1.69. The van der Waals surface area contributed by atoms with Gasteiger partial charge in [-0.05, 0) is 12.1 Å². The maximum Gasteiger partial charge on any atom is 0.426 e. The average Bonchev–Trinajstić information content (AvgIpc) is 2.39. The molecule has 0 heterocycles. The van der Waals surface area contributed by atoms with E-state index in [0.29, 0.717) is 5.39 Å². The van der Waals surface area contributed by atoms with Crippen molar-refractivity contribution in [3.63, 3.8) is 0 Å². The van der Waals surface area contributed by atoms with Crippen molar-refractivity contribution in [2.45, 2.75) is 4.90 Å². The molecular weight excluding hydrogens is 256 g/mol. The first-order valence-corrected chi connectivity index (χ1v) is 6.32. The van der Waals surface area contributed by atoms with E-state index in [4.69, 9.17) is 5.39 Å². The van der Waals surface area contributed by atoms with Crippen LogP contribution in [-0.2, 0) is 14.3 Å². The van der Waals surface area contributed by atoms with Crippen molar-refractivity contribution in [2.24, 2.45) is 0 Å². The van der Waals surface area contributed by atoms with Crippen LogP contribution in [0.3, 0.4) is 0 Å². The molecule has 0 aliphatic heterocycles. The SMILES string of the molecule is COS(=O)(=O)c1cccc2c(O)c([N+]#N)ccc12. The highest BCUT2D eigenvalue weighted by molar-refractivity contribution is 7.87. The molecular formula is C11H9N2O4S+. The monoisotopic (exact) mass is 265 g/mol. The summed E-state index contributed by atoms with van der Waals surface area (Å²) in [5, 5.41) is 19.1. The molecule has 0 radical (unpaired) electrons. The van der Waals surface area contributed by atoms with Crippen LogP contribution in [0.25, 0.3) is 15.7 Å². The van der Waals surface area contributed by atoms with Crippen molar-refractivity contribution >= 4 is 26.6 Å². The fourth-order valence-corrected chi connectivity index (χ4v) is 2.56. The average molecular weight is 265 g/mol. The minimum absolute atomic E-state index is 0.0329. The maximum absolute atomic E-state index is 11.7. The van der Waals surface area contributed by atoms with Gasteiger partial charge in [0.25, 0.3) is 10.1 Å². The quantitative estimate of drug-likeness (QED) is 0.664. The summed E-state index contributed by atoms with van der Waals surface area (Å²) in [5.74, 6) is -0.289. The molecule has 1 N–H and O–H groups in total. The zero-order chi connectivity index (χ0) is 13.3. The number of hydrogen-bond donors (Lipinski definition) is 1. The van der Waals surface area contributed by atoms with Crippen LogP contribution in [0.5, 0.6) is 5.75 Å². The zero-order valence-corrected chi connectivity index (χ0v) is 10.2. The predicted octanol–water partition coefficient (Wildman–Crippen LogP) is 2.37. The Morgan fingerprint density at radius 1 is 1.22 bits per heavy atom. The third-order valence-electron chi connectivity index (χ3n) is 2.57. The van der Waals surface area contributed by atoms with Gasteiger partial charge in [-0.15, -0.1) is 0 Å². The Labute approximate surface area is 103 Å². The summed E-state index contributed by atoms with van der Waals surface area (Å²) in [6.45, 7) is 0. The van der Waals surface area contributed by atoms with Crippen molar-refractivity contribution < 1.29 is 17.7 Å². The maximum atomic E-state index is 11.7. The van der Waals surface area contributed by atoms with E-state index < -0.39 is 10.1 Å². The Hall–Kier alpha value is -2.17. The summed E-state index contributed by atoms with van der Waals surface area (Å²) in [6.07, 6.45) is 0. The number of phenolic OH excluding ortho intramolecular Hbond substituents is 1. The van der Waals surface area contributed by atoms with E-state index in [1.165, 1.54) is 30.3 Å². The number of diazo groups is 1. The molecule has 0 aliphatic rings. The smallest absolute Gasteiger partial charge is 0.426 e. The number of fused-ring (bicyclic) bond motifs is 1. The second-order valence-electron chi connectivity index (χ2n) is 3.51. The summed E-state index contributed by atoms with van der Waals surface area (Å²) in [4.78, 5) is 2.85. The first-order valence-electron chi connectivity index (χ1n) is 4.91. The Kier molecular flexibility index (Phi) is 2.90. The molecule has 0 aliphatic carbocycles. The summed E-state index contributed by atoms with van der Waals surface area (Å²) in [5.41, 5.74) is -0.0329. The normalized spacial score (nSPS) is 11.3. The lowest BCUT2D eigenvalue weighted by molar-refractivity contribution is 0.398. The van der Waals surface area contributed by atoms with Gasteiger partial charge in [-0.2, -0.15) is 8.42 Å². The number of rotatable bonds is 2. The number of hydrogen-bond acceptors (Lipinski definition) is 5. The van der Waals surface area contributed by atoms with Gasteiger partial charge in [0.15, 0.2) is 4.98 Å². The van der Waals surface area contributed by atoms with Crippen LogP contribution >= 0.6 is 0 Å². The molecule has 0 fully saturated rings. The molecule has 0 unspecified atom stereocenters. The van der Waals surface area contributed by atoms with Gasteiger partial charge in [0.2, 0.25) is 11.1 Å². The summed E-state index contributed by atoms with van der Waals surface area (Å²) in [6, 6.07) is 7.11. The first-order chi connectivity index (χ1) is 8.51. The molecule has 0 atom stereocenters. The van der Waals surface area contributed by atoms with Gasteiger partial charge >= 0.3 is 5.69 Å². The molecule has 0 saturated heterocycles. The predicted molar refractivity (Wildman–Crippen MR) is 64.6 cm³/mol. The Bertz CT molecular complexity index is 762. The zero-order valence-electron chi connectivity index (χ0n) is 9.36. The van der Waals surface area contributed by atoms with Crippen LogP contribution in [0.15, 0.2) is 35.2 Å². The van der Waals surface area contributed by atoms with E-state index >= 15 is 0 Å². The van der Waals surface area contributed by atoms with Crippen LogP contribution in [0.2, 0.25) is 0 Å². The molecule has 18 heavy (non-hydrogen) atoms. The van der Waals surface area contributed by atoms with Crippen molar-refractivity contribution in [3.8, 4) is 5.75 Å². The Morgan fingerprint density at radius 2 is 1.94 bits per heavy atom. The lowest BCUT2D eigenvalue weighted by atomic mass is 10.1. The Balaban J connectivity index is 2.90. The van der Waals surface area contributed by atoms with E-state index in [0.717, 1.165) is 7.11 Å². The second kappa shape index (κ2) is 4.25. The van der Waals surface area contributed by atoms with E-state index in [2.05, 4.69) is 9.16 Å². The van der Waals surface area contributed by atoms with E-state index in [-0.39, 0.29) is 21.7 Å². The van der Waals surface area contributed by atoms with E-state index in [1.54, 1.807) is 0 Å². The number of benzene rings is 2. The van der Waals surface area contributed by atoms with Gasteiger partial charge in [-0.25, -0.2) is 0 Å². The van der Waals surface area contributed by atoms with Gasteiger partial charge in [0, 0.05) is 16.8 Å². The minimum Gasteiger partial charge on any atom is -0.501 e. The van der Waals surface area contributed by atoms with Crippen LogP contribution < -0.4 is 0 Å². The molecule has 0 aromatic heterocycles. The number of aromatic hydroxyl groups is 1. The Morgan fingerprint density at radius 3 is 2.56 bits per heavy atom. The van der Waals surface area contributed by atoms with Crippen molar-refractivity contribution in [1.82, 2.24) is 0 Å². The molecule has 0 bridgehead atoms. The van der Waals surface area contributed by atoms with Crippen LogP contribution in [0, 0.1) is 5.39 Å². The van der Waals surface area contributed by atoms with Crippen LogP contribution in [0.4, 0.5) is 5.69 Å². The van der Waals surface area contributed by atoms with Gasteiger partial charge in [0.05, 0.1) is 7.11 Å². The molecule has 0 saturated carbocycles. The summed E-state index contributed by atoms with van der Waals surface area (Å²) >= 11 is 0. The first kappa shape index (κ1) is 12.3. The van der Waals surface area contributed by atoms with Crippen molar-refractivity contribution in [2.75, 3.05) is 7.11 Å². The van der Waals surface area contributed by atoms with Crippen molar-refractivity contribution in [3.05, 3.63) is 35.3 Å². The lowest BCUT2D eigenvalue weighted by Crippen LogP contribution is -2.03.